The molecule has 0 aromatic heterocycles. The second-order valence-electron chi connectivity index (χ2n) is 21.0. The van der Waals surface area contributed by atoms with Gasteiger partial charge in [-0.2, -0.15) is 0 Å². The van der Waals surface area contributed by atoms with E-state index in [0.717, 1.165) is 38.8 Å². The number of esters is 3. The predicted octanol–water partition coefficient (Wildman–Crippen LogP) is 9.43. The van der Waals surface area contributed by atoms with Crippen LogP contribution in [0.4, 0.5) is 0 Å². The van der Waals surface area contributed by atoms with Crippen LogP contribution >= 0.6 is 0 Å². The molecule has 0 atom stereocenters. The number of hydrogen-bond acceptors (Lipinski definition) is 8. The highest BCUT2D eigenvalue weighted by atomic mass is 16.5. The van der Waals surface area contributed by atoms with E-state index >= 15 is 0 Å². The van der Waals surface area contributed by atoms with Crippen molar-refractivity contribution in [3.8, 4) is 0 Å². The number of hydrogen-bond donors (Lipinski definition) is 0. The Labute approximate surface area is 309 Å². The van der Waals surface area contributed by atoms with Crippen molar-refractivity contribution in [2.24, 2.45) is 38.4 Å². The second kappa shape index (κ2) is 20.5. The van der Waals surface area contributed by atoms with Gasteiger partial charge in [0.15, 0.2) is 0 Å². The molecule has 0 rings (SSSR count). The van der Waals surface area contributed by atoms with E-state index in [-0.39, 0.29) is 63.2 Å². The molecule has 0 radical (unpaired) electrons. The number of nitrogens with zero attached hydrogens (tertiary/aromatic N) is 2. The van der Waals surface area contributed by atoms with Crippen LogP contribution in [0.2, 0.25) is 0 Å². The Morgan fingerprint density at radius 1 is 0.500 bits per heavy atom. The van der Waals surface area contributed by atoms with Crippen LogP contribution in [0.1, 0.15) is 156 Å². The summed E-state index contributed by atoms with van der Waals surface area (Å²) in [5.41, 5.74) is 0.195. The van der Waals surface area contributed by atoms with Gasteiger partial charge in [0.1, 0.15) is 0 Å². The lowest BCUT2D eigenvalue weighted by atomic mass is 9.70. The van der Waals surface area contributed by atoms with E-state index in [2.05, 4.69) is 121 Å². The first-order chi connectivity index (χ1) is 22.4. The number of carbonyl (C=O) groups excluding carboxylic acids is 3. The summed E-state index contributed by atoms with van der Waals surface area (Å²) in [5.74, 6) is -0.0568. The van der Waals surface area contributed by atoms with Gasteiger partial charge in [0, 0.05) is 19.6 Å². The van der Waals surface area contributed by atoms with Gasteiger partial charge in [-0.15, -0.1) is 0 Å². The zero-order chi connectivity index (χ0) is 39.2. The van der Waals surface area contributed by atoms with Crippen molar-refractivity contribution >= 4 is 17.9 Å². The van der Waals surface area contributed by atoms with Crippen LogP contribution < -0.4 is 0 Å². The van der Waals surface area contributed by atoms with Crippen LogP contribution in [0.3, 0.4) is 0 Å². The standard InChI is InChI=1S/C42H82N2O6/c1-33(2)42(15,16)29-41(13,14)32-50-36(47)21-26-44(25-20-35(46)49-31-40(11,12)28-38(6,7)8)23-18-22-43(17)24-19-34(45)48-30-39(9,10)27-37(3,4)5/h33H,18-32H2,1-17H3. The van der Waals surface area contributed by atoms with Gasteiger partial charge in [-0.05, 0) is 84.2 Å². The second-order valence-corrected chi connectivity index (χ2v) is 21.0. The smallest absolute Gasteiger partial charge is 0.307 e. The zero-order valence-electron chi connectivity index (χ0n) is 36.0. The first-order valence-electron chi connectivity index (χ1n) is 19.3. The van der Waals surface area contributed by atoms with Gasteiger partial charge < -0.3 is 24.0 Å². The zero-order valence-corrected chi connectivity index (χ0v) is 36.0. The lowest BCUT2D eigenvalue weighted by Crippen LogP contribution is -2.34. The van der Waals surface area contributed by atoms with E-state index in [0.29, 0.717) is 51.8 Å². The molecular formula is C42H82N2O6. The molecule has 0 aromatic rings. The van der Waals surface area contributed by atoms with Crippen molar-refractivity contribution in [2.45, 2.75) is 156 Å². The fourth-order valence-electron chi connectivity index (χ4n) is 7.30. The fraction of sp³-hybridized carbons (Fsp3) is 0.929. The lowest BCUT2D eigenvalue weighted by molar-refractivity contribution is -0.148. The summed E-state index contributed by atoms with van der Waals surface area (Å²) in [6, 6.07) is 0. The van der Waals surface area contributed by atoms with Gasteiger partial charge in [0.25, 0.3) is 0 Å². The predicted molar refractivity (Wildman–Crippen MR) is 208 cm³/mol. The minimum atomic E-state index is -0.213. The summed E-state index contributed by atoms with van der Waals surface area (Å²) in [6.45, 7) is 39.5. The molecule has 8 nitrogen and oxygen atoms in total. The summed E-state index contributed by atoms with van der Waals surface area (Å²) >= 11 is 0. The summed E-state index contributed by atoms with van der Waals surface area (Å²) in [7, 11) is 2.01. The Bertz CT molecular complexity index is 1020. The fourth-order valence-corrected chi connectivity index (χ4v) is 7.30. The van der Waals surface area contributed by atoms with Crippen molar-refractivity contribution in [2.75, 3.05) is 59.6 Å². The maximum Gasteiger partial charge on any atom is 0.307 e. The van der Waals surface area contributed by atoms with E-state index in [1.54, 1.807) is 0 Å². The Morgan fingerprint density at radius 2 is 0.840 bits per heavy atom. The van der Waals surface area contributed by atoms with Crippen molar-refractivity contribution in [3.63, 3.8) is 0 Å². The molecular weight excluding hydrogens is 628 g/mol. The molecule has 0 spiro atoms. The normalized spacial score (nSPS) is 13.7. The van der Waals surface area contributed by atoms with Crippen molar-refractivity contribution in [1.29, 1.82) is 0 Å². The molecule has 296 valence electrons. The first kappa shape index (κ1) is 48.3. The summed E-state index contributed by atoms with van der Waals surface area (Å²) in [5, 5.41) is 0. The molecule has 0 aliphatic carbocycles. The van der Waals surface area contributed by atoms with E-state index < -0.39 is 0 Å². The maximum absolute atomic E-state index is 12.9. The van der Waals surface area contributed by atoms with Gasteiger partial charge in [-0.3, -0.25) is 14.4 Å². The molecule has 0 fully saturated rings. The molecule has 8 heteroatoms. The van der Waals surface area contributed by atoms with Crippen LogP contribution in [0.25, 0.3) is 0 Å². The quantitative estimate of drug-likeness (QED) is 0.0724. The molecule has 50 heavy (non-hydrogen) atoms. The largest absolute Gasteiger partial charge is 0.465 e. The van der Waals surface area contributed by atoms with Gasteiger partial charge in [0.05, 0.1) is 39.1 Å². The van der Waals surface area contributed by atoms with Crippen LogP contribution in [0.15, 0.2) is 0 Å². The highest BCUT2D eigenvalue weighted by Crippen LogP contribution is 2.39. The molecule has 0 heterocycles. The van der Waals surface area contributed by atoms with E-state index in [9.17, 15) is 14.4 Å². The molecule has 0 unspecified atom stereocenters. The van der Waals surface area contributed by atoms with Crippen molar-refractivity contribution < 1.29 is 28.6 Å². The van der Waals surface area contributed by atoms with Gasteiger partial charge in [0.2, 0.25) is 0 Å². The first-order valence-corrected chi connectivity index (χ1v) is 19.3. The molecule has 0 bridgehead atoms. The van der Waals surface area contributed by atoms with Crippen molar-refractivity contribution in [3.05, 3.63) is 0 Å². The van der Waals surface area contributed by atoms with E-state index in [1.165, 1.54) is 0 Å². The van der Waals surface area contributed by atoms with Gasteiger partial charge in [-0.1, -0.05) is 111 Å². The minimum absolute atomic E-state index is 0.0639. The van der Waals surface area contributed by atoms with Crippen LogP contribution in [-0.4, -0.2) is 87.3 Å². The van der Waals surface area contributed by atoms with Gasteiger partial charge in [-0.25, -0.2) is 0 Å². The Hall–Kier alpha value is -1.67. The maximum atomic E-state index is 12.9. The number of rotatable bonds is 24. The highest BCUT2D eigenvalue weighted by Gasteiger charge is 2.32. The van der Waals surface area contributed by atoms with Crippen LogP contribution in [0.5, 0.6) is 0 Å². The minimum Gasteiger partial charge on any atom is -0.465 e. The van der Waals surface area contributed by atoms with Crippen molar-refractivity contribution in [1.82, 2.24) is 9.80 Å². The Balaban J connectivity index is 5.08. The third-order valence-corrected chi connectivity index (χ3v) is 9.36. The lowest BCUT2D eigenvalue weighted by Gasteiger charge is -2.37. The third kappa shape index (κ3) is 25.3. The van der Waals surface area contributed by atoms with Gasteiger partial charge >= 0.3 is 17.9 Å². The summed E-state index contributed by atoms with van der Waals surface area (Å²) in [6.07, 6.45) is 4.61. The average molecular weight is 711 g/mol. The third-order valence-electron chi connectivity index (χ3n) is 9.36. The SMILES string of the molecule is CC(C)C(C)(C)CC(C)(C)COC(=O)CCN(CCCN(C)CCC(=O)OCC(C)(C)CC(C)(C)C)CCC(=O)OCC(C)(C)CC(C)(C)C. The number of ether oxygens (including phenoxy) is 3. The topological polar surface area (TPSA) is 85.4 Å². The van der Waals surface area contributed by atoms with E-state index in [1.807, 2.05) is 7.05 Å². The molecule has 0 amide bonds. The molecule has 0 aliphatic rings. The summed E-state index contributed by atoms with van der Waals surface area (Å²) in [4.78, 5) is 42.5. The van der Waals surface area contributed by atoms with Crippen LogP contribution in [0, 0.1) is 38.4 Å². The molecule has 0 aliphatic heterocycles. The Kier molecular flexibility index (Phi) is 19.9. The molecule has 0 saturated heterocycles. The van der Waals surface area contributed by atoms with Crippen LogP contribution in [-0.2, 0) is 28.6 Å². The van der Waals surface area contributed by atoms with E-state index in [4.69, 9.17) is 14.2 Å². The number of carbonyl (C=O) groups is 3. The molecule has 0 saturated carbocycles. The molecule has 0 aromatic carbocycles. The molecule has 0 N–H and O–H groups in total. The highest BCUT2D eigenvalue weighted by molar-refractivity contribution is 5.70. The monoisotopic (exact) mass is 711 g/mol. The average Bonchev–Trinajstić information content (AvgIpc) is 2.90. The Morgan fingerprint density at radius 3 is 1.18 bits per heavy atom. The summed E-state index contributed by atoms with van der Waals surface area (Å²) < 4.78 is 17.1.